The quantitative estimate of drug-likeness (QED) is 0.145. The molecule has 0 aliphatic heterocycles. The fraction of sp³-hybridized carbons (Fsp3) is 0.286. The van der Waals surface area contributed by atoms with Gasteiger partial charge in [-0.2, -0.15) is 0 Å². The van der Waals surface area contributed by atoms with Crippen LogP contribution in [0.5, 0.6) is 0 Å². The molecule has 0 unspecified atom stereocenters. The molecule has 39 heavy (non-hydrogen) atoms. The molecule has 0 aliphatic rings. The Kier molecular flexibility index (Phi) is 9.60. The molecule has 0 bridgehead atoms. The molecule has 3 rings (SSSR count). The van der Waals surface area contributed by atoms with Gasteiger partial charge in [0, 0.05) is 17.1 Å². The molecule has 0 fully saturated rings. The summed E-state index contributed by atoms with van der Waals surface area (Å²) in [5.41, 5.74) is 6.58. The Labute approximate surface area is 233 Å². The van der Waals surface area contributed by atoms with E-state index in [-0.39, 0.29) is 28.7 Å². The predicted molar refractivity (Wildman–Crippen MR) is 149 cm³/mol. The van der Waals surface area contributed by atoms with E-state index in [4.69, 9.17) is 27.3 Å². The first-order valence-electron chi connectivity index (χ1n) is 12.1. The Morgan fingerprint density at radius 3 is 2.18 bits per heavy atom. The molecule has 11 heteroatoms. The van der Waals surface area contributed by atoms with Crippen molar-refractivity contribution in [3.05, 3.63) is 94.5 Å². The minimum Gasteiger partial charge on any atom is -0.444 e. The number of aliphatic hydroxyl groups is 1. The summed E-state index contributed by atoms with van der Waals surface area (Å²) in [6.07, 6.45) is -1.15. The topological polar surface area (TPSA) is 143 Å². The number of oxime groups is 1. The van der Waals surface area contributed by atoms with Gasteiger partial charge in [-0.25, -0.2) is 13.2 Å². The Bertz CT molecular complexity index is 1420. The number of benzene rings is 3. The molecule has 0 heterocycles. The number of carbonyl (C=O) groups is 1. The molecule has 0 radical (unpaired) electrons. The van der Waals surface area contributed by atoms with Crippen molar-refractivity contribution >= 4 is 33.4 Å². The summed E-state index contributed by atoms with van der Waals surface area (Å²) >= 11 is 6.05. The molecular weight excluding hydrogens is 542 g/mol. The average Bonchev–Trinajstić information content (AvgIpc) is 2.89. The van der Waals surface area contributed by atoms with Crippen LogP contribution in [0.3, 0.4) is 0 Å². The molecule has 0 aliphatic carbocycles. The van der Waals surface area contributed by atoms with Crippen molar-refractivity contribution in [3.63, 3.8) is 0 Å². The molecule has 3 aromatic carbocycles. The maximum absolute atomic E-state index is 13.0. The first kappa shape index (κ1) is 29.9. The van der Waals surface area contributed by atoms with E-state index in [9.17, 15) is 18.3 Å². The highest BCUT2D eigenvalue weighted by atomic mass is 35.5. The van der Waals surface area contributed by atoms with E-state index in [1.165, 1.54) is 41.3 Å². The zero-order valence-electron chi connectivity index (χ0n) is 21.9. The van der Waals surface area contributed by atoms with Crippen molar-refractivity contribution in [1.82, 2.24) is 4.90 Å². The maximum atomic E-state index is 13.0. The molecule has 1 amide bonds. The number of rotatable bonds is 9. The molecule has 1 atom stereocenters. The lowest BCUT2D eigenvalue weighted by Crippen LogP contribution is -2.40. The number of amides is 1. The second kappa shape index (κ2) is 12.5. The van der Waals surface area contributed by atoms with Gasteiger partial charge in [-0.05, 0) is 86.8 Å². The van der Waals surface area contributed by atoms with Gasteiger partial charge in [0.15, 0.2) is 5.84 Å². The number of nitrogens with two attached hydrogens (primary N) is 1. The lowest BCUT2D eigenvalue weighted by atomic mass is 10.1. The summed E-state index contributed by atoms with van der Waals surface area (Å²) in [7, 11) is -3.79. The lowest BCUT2D eigenvalue weighted by Gasteiger charge is -2.29. The minimum absolute atomic E-state index is 0.0107. The maximum Gasteiger partial charge on any atom is 0.410 e. The zero-order chi connectivity index (χ0) is 28.8. The van der Waals surface area contributed by atoms with Crippen LogP contribution in [0.4, 0.5) is 4.79 Å². The first-order valence-corrected chi connectivity index (χ1v) is 14.0. The summed E-state index contributed by atoms with van der Waals surface area (Å²) in [5, 5.41) is 22.9. The minimum atomic E-state index is -3.79. The van der Waals surface area contributed by atoms with Gasteiger partial charge in [0.05, 0.1) is 22.4 Å². The van der Waals surface area contributed by atoms with Crippen LogP contribution in [0.2, 0.25) is 5.02 Å². The molecule has 208 valence electrons. The van der Waals surface area contributed by atoms with Crippen molar-refractivity contribution in [2.24, 2.45) is 10.9 Å². The Morgan fingerprint density at radius 2 is 1.64 bits per heavy atom. The number of nitrogens with zero attached hydrogens (tertiary/aromatic N) is 2. The number of amidine groups is 1. The van der Waals surface area contributed by atoms with Crippen molar-refractivity contribution in [2.45, 2.75) is 48.7 Å². The van der Waals surface area contributed by atoms with Crippen molar-refractivity contribution in [2.75, 3.05) is 13.1 Å². The Hall–Kier alpha value is -3.60. The molecule has 0 aromatic heterocycles. The Balaban J connectivity index is 1.74. The van der Waals surface area contributed by atoms with E-state index < -0.39 is 27.6 Å². The molecule has 0 spiro atoms. The number of aliphatic hydroxyl groups excluding tert-OH is 1. The van der Waals surface area contributed by atoms with Crippen LogP contribution in [-0.4, -0.2) is 54.3 Å². The molecule has 3 aromatic rings. The fourth-order valence-electron chi connectivity index (χ4n) is 3.71. The number of sulfone groups is 1. The van der Waals surface area contributed by atoms with Gasteiger partial charge in [0.25, 0.3) is 0 Å². The zero-order valence-corrected chi connectivity index (χ0v) is 23.5. The smallest absolute Gasteiger partial charge is 0.410 e. The van der Waals surface area contributed by atoms with Crippen LogP contribution in [0.25, 0.3) is 0 Å². The normalized spacial score (nSPS) is 13.1. The standard InChI is InChI=1S/C28H32ClN3O6S/c1-28(2,3)38-27(34)32(18-25(33)21-5-4-6-22(29)17-21)16-15-19-7-11-23(12-8-19)39(36,37)24-13-9-20(10-14-24)26(30)31-35/h4-14,17,25,33,35H,15-16,18H2,1-3H3,(H2,30,31)/t25-/m0/s1. The predicted octanol–water partition coefficient (Wildman–Crippen LogP) is 4.78. The largest absolute Gasteiger partial charge is 0.444 e. The van der Waals surface area contributed by atoms with E-state index in [0.29, 0.717) is 22.6 Å². The van der Waals surface area contributed by atoms with E-state index in [0.717, 1.165) is 5.56 Å². The van der Waals surface area contributed by atoms with Crippen LogP contribution in [0.1, 0.15) is 43.6 Å². The van der Waals surface area contributed by atoms with Crippen LogP contribution in [0.15, 0.2) is 87.7 Å². The van der Waals surface area contributed by atoms with Gasteiger partial charge in [-0.3, -0.25) is 0 Å². The second-order valence-electron chi connectivity index (χ2n) is 9.90. The highest BCUT2D eigenvalue weighted by Crippen LogP contribution is 2.23. The number of hydrogen-bond donors (Lipinski definition) is 3. The van der Waals surface area contributed by atoms with Crippen molar-refractivity contribution < 1.29 is 28.3 Å². The number of halogens is 1. The molecule has 9 nitrogen and oxygen atoms in total. The lowest BCUT2D eigenvalue weighted by molar-refractivity contribution is 0.0147. The van der Waals surface area contributed by atoms with Crippen LogP contribution in [0, 0.1) is 0 Å². The molecule has 0 saturated heterocycles. The van der Waals surface area contributed by atoms with Gasteiger partial charge in [0.1, 0.15) is 5.60 Å². The average molecular weight is 574 g/mol. The third-order valence-electron chi connectivity index (χ3n) is 5.75. The number of carbonyl (C=O) groups excluding carboxylic acids is 1. The summed E-state index contributed by atoms with van der Waals surface area (Å²) in [6.45, 7) is 5.51. The summed E-state index contributed by atoms with van der Waals surface area (Å²) in [6, 6.07) is 18.8. The van der Waals surface area contributed by atoms with E-state index in [2.05, 4.69) is 5.16 Å². The SMILES string of the molecule is CC(C)(C)OC(=O)N(CCc1ccc(S(=O)(=O)c2ccc(C(N)=NO)cc2)cc1)C[C@H](O)c1cccc(Cl)c1. The van der Waals surface area contributed by atoms with Crippen LogP contribution in [-0.2, 0) is 21.0 Å². The number of hydrogen-bond acceptors (Lipinski definition) is 7. The highest BCUT2D eigenvalue weighted by Gasteiger charge is 2.25. The van der Waals surface area contributed by atoms with Gasteiger partial charge < -0.3 is 25.7 Å². The van der Waals surface area contributed by atoms with E-state index in [1.807, 2.05) is 0 Å². The van der Waals surface area contributed by atoms with Gasteiger partial charge in [-0.1, -0.05) is 41.0 Å². The summed E-state index contributed by atoms with van der Waals surface area (Å²) in [5.74, 6) is -0.121. The molecule has 0 saturated carbocycles. The molecule has 4 N–H and O–H groups in total. The highest BCUT2D eigenvalue weighted by molar-refractivity contribution is 7.91. The Morgan fingerprint density at radius 1 is 1.05 bits per heavy atom. The second-order valence-corrected chi connectivity index (χ2v) is 12.3. The first-order chi connectivity index (χ1) is 18.3. The van der Waals surface area contributed by atoms with Gasteiger partial charge in [-0.15, -0.1) is 0 Å². The summed E-state index contributed by atoms with van der Waals surface area (Å²) in [4.78, 5) is 14.5. The van der Waals surface area contributed by atoms with Crippen molar-refractivity contribution in [1.29, 1.82) is 0 Å². The van der Waals surface area contributed by atoms with Crippen LogP contribution < -0.4 is 5.73 Å². The monoisotopic (exact) mass is 573 g/mol. The third kappa shape index (κ3) is 8.19. The molecular formula is C28H32ClN3O6S. The van der Waals surface area contributed by atoms with Crippen LogP contribution >= 0.6 is 11.6 Å². The summed E-state index contributed by atoms with van der Waals surface area (Å²) < 4.78 is 31.6. The third-order valence-corrected chi connectivity index (χ3v) is 7.77. The fourth-order valence-corrected chi connectivity index (χ4v) is 5.17. The van der Waals surface area contributed by atoms with E-state index >= 15 is 0 Å². The van der Waals surface area contributed by atoms with Crippen molar-refractivity contribution in [3.8, 4) is 0 Å². The number of ether oxygens (including phenoxy) is 1. The van der Waals surface area contributed by atoms with E-state index in [1.54, 1.807) is 57.2 Å². The van der Waals surface area contributed by atoms with Gasteiger partial charge in [0.2, 0.25) is 9.84 Å². The van der Waals surface area contributed by atoms with Gasteiger partial charge >= 0.3 is 6.09 Å².